The van der Waals surface area contributed by atoms with Gasteiger partial charge < -0.3 is 4.57 Å². The number of aromatic nitrogens is 1. The lowest BCUT2D eigenvalue weighted by Gasteiger charge is -2.03. The first kappa shape index (κ1) is 15.5. The van der Waals surface area contributed by atoms with Crippen LogP contribution in [0.5, 0.6) is 0 Å². The average molecular weight is 305 g/mol. The highest BCUT2D eigenvalue weighted by Gasteiger charge is 2.16. The zero-order valence-corrected chi connectivity index (χ0v) is 13.9. The number of benzene rings is 2. The third-order valence-corrected chi connectivity index (χ3v) is 4.35. The lowest BCUT2D eigenvalue weighted by Crippen LogP contribution is -2.01. The zero-order valence-electron chi connectivity index (χ0n) is 13.9. The number of aryl methyl sites for hydroxylation is 2. The van der Waals surface area contributed by atoms with E-state index in [4.69, 9.17) is 0 Å². The summed E-state index contributed by atoms with van der Waals surface area (Å²) in [5, 5.41) is 1.05. The highest BCUT2D eigenvalue weighted by Crippen LogP contribution is 2.24. The van der Waals surface area contributed by atoms with Crippen LogP contribution in [0.15, 0.2) is 54.7 Å². The van der Waals surface area contributed by atoms with E-state index in [0.29, 0.717) is 0 Å². The molecule has 0 spiro atoms. The summed E-state index contributed by atoms with van der Waals surface area (Å²) in [4.78, 5) is 12.9. The molecule has 0 aliphatic heterocycles. The molecule has 0 radical (unpaired) electrons. The van der Waals surface area contributed by atoms with Crippen LogP contribution >= 0.6 is 0 Å². The van der Waals surface area contributed by atoms with E-state index in [2.05, 4.69) is 17.6 Å². The maximum Gasteiger partial charge on any atom is 0.195 e. The molecule has 2 nitrogen and oxygen atoms in total. The van der Waals surface area contributed by atoms with Crippen molar-refractivity contribution in [2.75, 3.05) is 0 Å². The fourth-order valence-corrected chi connectivity index (χ4v) is 3.01. The van der Waals surface area contributed by atoms with Gasteiger partial charge in [0.2, 0.25) is 0 Å². The molecule has 0 aliphatic rings. The van der Waals surface area contributed by atoms with Crippen LogP contribution < -0.4 is 0 Å². The zero-order chi connectivity index (χ0) is 16.2. The van der Waals surface area contributed by atoms with Crippen molar-refractivity contribution in [1.82, 2.24) is 4.57 Å². The first-order valence-corrected chi connectivity index (χ1v) is 8.40. The van der Waals surface area contributed by atoms with Gasteiger partial charge >= 0.3 is 0 Å². The molecule has 3 rings (SSSR count). The molecule has 118 valence electrons. The van der Waals surface area contributed by atoms with E-state index < -0.39 is 0 Å². The largest absolute Gasteiger partial charge is 0.347 e. The van der Waals surface area contributed by atoms with Crippen LogP contribution in [0, 0.1) is 6.92 Å². The van der Waals surface area contributed by atoms with Gasteiger partial charge in [-0.3, -0.25) is 4.79 Å². The van der Waals surface area contributed by atoms with Crippen LogP contribution in [0.25, 0.3) is 10.9 Å². The minimum atomic E-state index is 0.107. The Balaban J connectivity index is 2.00. The average Bonchev–Trinajstić information content (AvgIpc) is 2.94. The molecular weight excluding hydrogens is 282 g/mol. The summed E-state index contributed by atoms with van der Waals surface area (Å²) in [6.45, 7) is 5.21. The van der Waals surface area contributed by atoms with Crippen LogP contribution in [0.4, 0.5) is 0 Å². The summed E-state index contributed by atoms with van der Waals surface area (Å²) in [5.74, 6) is 0.107. The summed E-state index contributed by atoms with van der Waals surface area (Å²) in [6.07, 6.45) is 5.60. The number of ketones is 1. The monoisotopic (exact) mass is 305 g/mol. The van der Waals surface area contributed by atoms with Gasteiger partial charge in [-0.05, 0) is 19.4 Å². The molecule has 0 bridgehead atoms. The van der Waals surface area contributed by atoms with Gasteiger partial charge in [-0.15, -0.1) is 0 Å². The Hall–Kier alpha value is -2.35. The molecule has 1 aromatic heterocycles. The summed E-state index contributed by atoms with van der Waals surface area (Å²) in [5.41, 5.74) is 3.88. The number of fused-ring (bicyclic) bond motifs is 1. The second-order valence-corrected chi connectivity index (χ2v) is 6.16. The van der Waals surface area contributed by atoms with Crippen molar-refractivity contribution in [3.63, 3.8) is 0 Å². The minimum absolute atomic E-state index is 0.107. The molecule has 23 heavy (non-hydrogen) atoms. The van der Waals surface area contributed by atoms with E-state index in [-0.39, 0.29) is 5.78 Å². The van der Waals surface area contributed by atoms with Crippen LogP contribution in [0.2, 0.25) is 0 Å². The molecule has 2 heteroatoms. The number of carbonyl (C=O) groups is 1. The number of hydrogen-bond donors (Lipinski definition) is 0. The van der Waals surface area contributed by atoms with Crippen molar-refractivity contribution in [2.45, 2.75) is 39.7 Å². The lowest BCUT2D eigenvalue weighted by atomic mass is 10.0. The van der Waals surface area contributed by atoms with Crippen molar-refractivity contribution in [2.24, 2.45) is 0 Å². The van der Waals surface area contributed by atoms with Crippen LogP contribution in [-0.4, -0.2) is 10.4 Å². The Morgan fingerprint density at radius 1 is 1.00 bits per heavy atom. The third-order valence-electron chi connectivity index (χ3n) is 4.35. The Kier molecular flexibility index (Phi) is 4.61. The van der Waals surface area contributed by atoms with Crippen LogP contribution in [0.1, 0.15) is 47.7 Å². The van der Waals surface area contributed by atoms with Crippen molar-refractivity contribution in [3.8, 4) is 0 Å². The van der Waals surface area contributed by atoms with Crippen molar-refractivity contribution < 1.29 is 4.79 Å². The van der Waals surface area contributed by atoms with E-state index in [1.165, 1.54) is 18.4 Å². The molecule has 0 N–H and O–H groups in total. The molecule has 0 fully saturated rings. The molecule has 3 aromatic rings. The quantitative estimate of drug-likeness (QED) is 0.443. The van der Waals surface area contributed by atoms with Gasteiger partial charge in [-0.2, -0.15) is 0 Å². The van der Waals surface area contributed by atoms with Crippen molar-refractivity contribution in [3.05, 3.63) is 71.4 Å². The first-order valence-electron chi connectivity index (χ1n) is 8.40. The van der Waals surface area contributed by atoms with E-state index in [0.717, 1.165) is 35.0 Å². The van der Waals surface area contributed by atoms with Crippen LogP contribution in [0.3, 0.4) is 0 Å². The SMILES string of the molecule is CCCCCn1cc(C(=O)c2ccc(C)cc2)c2ccccc21. The number of carbonyl (C=O) groups excluding carboxylic acids is 1. The van der Waals surface area contributed by atoms with Gasteiger partial charge in [-0.25, -0.2) is 0 Å². The topological polar surface area (TPSA) is 22.0 Å². The molecule has 0 unspecified atom stereocenters. The Morgan fingerprint density at radius 3 is 2.48 bits per heavy atom. The number of unbranched alkanes of at least 4 members (excludes halogenated alkanes) is 2. The molecule has 1 heterocycles. The van der Waals surface area contributed by atoms with Crippen LogP contribution in [-0.2, 0) is 6.54 Å². The summed E-state index contributed by atoms with van der Waals surface area (Å²) in [6, 6.07) is 16.0. The second-order valence-electron chi connectivity index (χ2n) is 6.16. The highest BCUT2D eigenvalue weighted by molar-refractivity contribution is 6.16. The Labute approximate surface area is 137 Å². The predicted molar refractivity (Wildman–Crippen MR) is 96.1 cm³/mol. The minimum Gasteiger partial charge on any atom is -0.347 e. The predicted octanol–water partition coefficient (Wildman–Crippen LogP) is 5.37. The third kappa shape index (κ3) is 3.21. The van der Waals surface area contributed by atoms with Gasteiger partial charge in [0.25, 0.3) is 0 Å². The molecule has 0 saturated carbocycles. The standard InChI is InChI=1S/C21H23NO/c1-3-4-7-14-22-15-19(18-8-5-6-9-20(18)22)21(23)17-12-10-16(2)11-13-17/h5-6,8-13,15H,3-4,7,14H2,1-2H3. The molecule has 0 aliphatic carbocycles. The Bertz CT molecular complexity index is 811. The van der Waals surface area contributed by atoms with E-state index in [1.807, 2.05) is 55.6 Å². The maximum absolute atomic E-state index is 12.9. The van der Waals surface area contributed by atoms with Crippen molar-refractivity contribution >= 4 is 16.7 Å². The fraction of sp³-hybridized carbons (Fsp3) is 0.286. The van der Waals surface area contributed by atoms with E-state index in [9.17, 15) is 4.79 Å². The van der Waals surface area contributed by atoms with Gasteiger partial charge in [0.05, 0.1) is 0 Å². The Morgan fingerprint density at radius 2 is 1.74 bits per heavy atom. The summed E-state index contributed by atoms with van der Waals surface area (Å²) < 4.78 is 2.23. The van der Waals surface area contributed by atoms with Crippen molar-refractivity contribution in [1.29, 1.82) is 0 Å². The molecule has 2 aromatic carbocycles. The van der Waals surface area contributed by atoms with E-state index >= 15 is 0 Å². The fourth-order valence-electron chi connectivity index (χ4n) is 3.01. The maximum atomic E-state index is 12.9. The second kappa shape index (κ2) is 6.82. The lowest BCUT2D eigenvalue weighted by molar-refractivity contribution is 0.104. The highest BCUT2D eigenvalue weighted by atomic mass is 16.1. The molecular formula is C21H23NO. The van der Waals surface area contributed by atoms with Gasteiger partial charge in [-0.1, -0.05) is 67.8 Å². The van der Waals surface area contributed by atoms with Gasteiger partial charge in [0, 0.05) is 34.8 Å². The number of para-hydroxylation sites is 1. The molecule has 0 atom stereocenters. The normalized spacial score (nSPS) is 11.0. The molecule has 0 amide bonds. The van der Waals surface area contributed by atoms with Gasteiger partial charge in [0.1, 0.15) is 0 Å². The summed E-state index contributed by atoms with van der Waals surface area (Å²) >= 11 is 0. The number of hydrogen-bond acceptors (Lipinski definition) is 1. The van der Waals surface area contributed by atoms with Gasteiger partial charge in [0.15, 0.2) is 5.78 Å². The number of rotatable bonds is 6. The molecule has 0 saturated heterocycles. The number of nitrogens with zero attached hydrogens (tertiary/aromatic N) is 1. The summed E-state index contributed by atoms with van der Waals surface area (Å²) in [7, 11) is 0. The van der Waals surface area contributed by atoms with E-state index in [1.54, 1.807) is 0 Å². The smallest absolute Gasteiger partial charge is 0.195 e. The first-order chi connectivity index (χ1) is 11.2.